The molecule has 0 aliphatic carbocycles. The SMILES string of the molecule is N/C(=N/O)c1cc(F)cc(CSc2ncccc2Cl)c1. The van der Waals surface area contributed by atoms with Crippen LogP contribution in [0.2, 0.25) is 5.02 Å². The fraction of sp³-hybridized carbons (Fsp3) is 0.0769. The summed E-state index contributed by atoms with van der Waals surface area (Å²) in [5.41, 5.74) is 6.48. The smallest absolute Gasteiger partial charge is 0.170 e. The van der Waals surface area contributed by atoms with Gasteiger partial charge in [0.15, 0.2) is 5.84 Å². The topological polar surface area (TPSA) is 71.5 Å². The van der Waals surface area contributed by atoms with Crippen molar-refractivity contribution in [1.29, 1.82) is 0 Å². The van der Waals surface area contributed by atoms with Crippen LogP contribution in [0, 0.1) is 5.82 Å². The summed E-state index contributed by atoms with van der Waals surface area (Å²) >= 11 is 7.38. The van der Waals surface area contributed by atoms with Crippen molar-refractivity contribution in [2.24, 2.45) is 10.9 Å². The van der Waals surface area contributed by atoms with Gasteiger partial charge in [0.25, 0.3) is 0 Å². The fourth-order valence-electron chi connectivity index (χ4n) is 1.57. The summed E-state index contributed by atoms with van der Waals surface area (Å²) in [7, 11) is 0. The Kier molecular flexibility index (Phi) is 4.81. The van der Waals surface area contributed by atoms with Gasteiger partial charge in [0.2, 0.25) is 0 Å². The second-order valence-electron chi connectivity index (χ2n) is 3.91. The first-order valence-electron chi connectivity index (χ1n) is 5.61. The van der Waals surface area contributed by atoms with E-state index in [-0.39, 0.29) is 5.84 Å². The summed E-state index contributed by atoms with van der Waals surface area (Å²) in [6.45, 7) is 0. The summed E-state index contributed by atoms with van der Waals surface area (Å²) in [6, 6.07) is 7.73. The largest absolute Gasteiger partial charge is 0.409 e. The number of pyridine rings is 1. The Morgan fingerprint density at radius 1 is 1.45 bits per heavy atom. The molecule has 4 nitrogen and oxygen atoms in total. The van der Waals surface area contributed by atoms with Gasteiger partial charge < -0.3 is 10.9 Å². The Labute approximate surface area is 124 Å². The molecule has 7 heteroatoms. The highest BCUT2D eigenvalue weighted by Crippen LogP contribution is 2.27. The molecule has 0 unspecified atom stereocenters. The van der Waals surface area contributed by atoms with E-state index in [4.69, 9.17) is 22.5 Å². The molecule has 1 aromatic carbocycles. The minimum absolute atomic E-state index is 0.133. The minimum Gasteiger partial charge on any atom is -0.409 e. The third-order valence-electron chi connectivity index (χ3n) is 2.46. The highest BCUT2D eigenvalue weighted by atomic mass is 35.5. The maximum absolute atomic E-state index is 13.5. The maximum atomic E-state index is 13.5. The van der Waals surface area contributed by atoms with Crippen molar-refractivity contribution in [1.82, 2.24) is 4.98 Å². The average molecular weight is 312 g/mol. The number of halogens is 2. The Morgan fingerprint density at radius 2 is 2.25 bits per heavy atom. The molecule has 1 aromatic heterocycles. The normalized spacial score (nSPS) is 11.6. The molecule has 1 heterocycles. The summed E-state index contributed by atoms with van der Waals surface area (Å²) in [5, 5.41) is 12.7. The summed E-state index contributed by atoms with van der Waals surface area (Å²) in [6.07, 6.45) is 1.64. The Hall–Kier alpha value is -1.79. The number of benzene rings is 1. The van der Waals surface area contributed by atoms with Gasteiger partial charge in [0.05, 0.1) is 5.02 Å². The van der Waals surface area contributed by atoms with E-state index in [1.54, 1.807) is 24.4 Å². The Morgan fingerprint density at radius 3 is 2.95 bits per heavy atom. The molecule has 0 radical (unpaired) electrons. The molecule has 0 atom stereocenters. The lowest BCUT2D eigenvalue weighted by atomic mass is 10.1. The zero-order valence-corrected chi connectivity index (χ0v) is 11.8. The van der Waals surface area contributed by atoms with E-state index in [2.05, 4.69) is 10.1 Å². The van der Waals surface area contributed by atoms with Crippen LogP contribution in [0.1, 0.15) is 11.1 Å². The molecule has 20 heavy (non-hydrogen) atoms. The first-order chi connectivity index (χ1) is 9.60. The van der Waals surface area contributed by atoms with E-state index in [1.165, 1.54) is 23.9 Å². The van der Waals surface area contributed by atoms with Gasteiger partial charge in [-0.1, -0.05) is 16.8 Å². The molecule has 0 saturated heterocycles. The number of rotatable bonds is 4. The number of hydrogen-bond acceptors (Lipinski definition) is 4. The number of hydrogen-bond donors (Lipinski definition) is 2. The van der Waals surface area contributed by atoms with Crippen molar-refractivity contribution in [2.45, 2.75) is 10.8 Å². The number of aromatic nitrogens is 1. The second kappa shape index (κ2) is 6.58. The van der Waals surface area contributed by atoms with E-state index in [0.29, 0.717) is 26.9 Å². The molecule has 0 aliphatic heterocycles. The van der Waals surface area contributed by atoms with Crippen LogP contribution in [0.15, 0.2) is 46.7 Å². The number of nitrogens with two attached hydrogens (primary N) is 1. The van der Waals surface area contributed by atoms with Crippen LogP contribution in [0.25, 0.3) is 0 Å². The summed E-state index contributed by atoms with van der Waals surface area (Å²) < 4.78 is 13.5. The highest BCUT2D eigenvalue weighted by molar-refractivity contribution is 7.98. The van der Waals surface area contributed by atoms with Gasteiger partial charge in [-0.15, -0.1) is 11.8 Å². The molecule has 0 saturated carbocycles. The van der Waals surface area contributed by atoms with E-state index in [1.807, 2.05) is 0 Å². The lowest BCUT2D eigenvalue weighted by Crippen LogP contribution is -2.13. The molecule has 2 rings (SSSR count). The lowest BCUT2D eigenvalue weighted by molar-refractivity contribution is 0.318. The second-order valence-corrected chi connectivity index (χ2v) is 5.28. The zero-order valence-electron chi connectivity index (χ0n) is 10.3. The Bertz CT molecular complexity index is 651. The number of thioether (sulfide) groups is 1. The fourth-order valence-corrected chi connectivity index (χ4v) is 2.67. The maximum Gasteiger partial charge on any atom is 0.170 e. The predicted molar refractivity (Wildman–Crippen MR) is 77.7 cm³/mol. The van der Waals surface area contributed by atoms with Crippen molar-refractivity contribution in [3.63, 3.8) is 0 Å². The summed E-state index contributed by atoms with van der Waals surface area (Å²) in [5.74, 6) is -0.108. The molecular formula is C13H11ClFN3OS. The van der Waals surface area contributed by atoms with Gasteiger partial charge >= 0.3 is 0 Å². The van der Waals surface area contributed by atoms with Crippen LogP contribution in [0.5, 0.6) is 0 Å². The van der Waals surface area contributed by atoms with Gasteiger partial charge in [-0.05, 0) is 35.9 Å². The van der Waals surface area contributed by atoms with Crippen molar-refractivity contribution < 1.29 is 9.60 Å². The van der Waals surface area contributed by atoms with Crippen LogP contribution < -0.4 is 5.73 Å². The van der Waals surface area contributed by atoms with Gasteiger partial charge in [-0.3, -0.25) is 0 Å². The first kappa shape index (κ1) is 14.6. The van der Waals surface area contributed by atoms with E-state index < -0.39 is 5.82 Å². The van der Waals surface area contributed by atoms with Crippen LogP contribution in [-0.4, -0.2) is 16.0 Å². The van der Waals surface area contributed by atoms with Gasteiger partial charge in [0, 0.05) is 17.5 Å². The number of nitrogens with zero attached hydrogens (tertiary/aromatic N) is 2. The molecule has 0 fully saturated rings. The molecule has 0 aliphatic rings. The molecule has 0 spiro atoms. The van der Waals surface area contributed by atoms with Crippen molar-refractivity contribution in [3.05, 3.63) is 58.5 Å². The molecular weight excluding hydrogens is 301 g/mol. The van der Waals surface area contributed by atoms with Gasteiger partial charge in [-0.2, -0.15) is 0 Å². The Balaban J connectivity index is 2.18. The van der Waals surface area contributed by atoms with E-state index >= 15 is 0 Å². The van der Waals surface area contributed by atoms with Crippen LogP contribution in [-0.2, 0) is 5.75 Å². The molecule has 104 valence electrons. The van der Waals surface area contributed by atoms with Crippen molar-refractivity contribution in [3.8, 4) is 0 Å². The highest BCUT2D eigenvalue weighted by Gasteiger charge is 2.07. The van der Waals surface area contributed by atoms with Gasteiger partial charge in [-0.25, -0.2) is 9.37 Å². The lowest BCUT2D eigenvalue weighted by Gasteiger charge is -2.06. The van der Waals surface area contributed by atoms with Crippen LogP contribution in [0.4, 0.5) is 4.39 Å². The molecule has 0 amide bonds. The summed E-state index contributed by atoms with van der Waals surface area (Å²) in [4.78, 5) is 4.14. The van der Waals surface area contributed by atoms with Gasteiger partial charge in [0.1, 0.15) is 10.8 Å². The third kappa shape index (κ3) is 3.61. The third-order valence-corrected chi connectivity index (χ3v) is 3.95. The van der Waals surface area contributed by atoms with Crippen molar-refractivity contribution in [2.75, 3.05) is 0 Å². The molecule has 2 aromatic rings. The zero-order chi connectivity index (χ0) is 14.5. The quantitative estimate of drug-likeness (QED) is 0.299. The minimum atomic E-state index is -0.447. The van der Waals surface area contributed by atoms with Crippen LogP contribution in [0.3, 0.4) is 0 Å². The predicted octanol–water partition coefficient (Wildman–Crippen LogP) is 3.26. The monoisotopic (exact) mass is 311 g/mol. The average Bonchev–Trinajstić information content (AvgIpc) is 2.45. The standard InChI is InChI=1S/C13H11ClFN3OS/c14-11-2-1-3-17-13(11)20-7-8-4-9(12(16)18-19)6-10(15)5-8/h1-6,19H,7H2,(H2,16,18). The van der Waals surface area contributed by atoms with E-state index in [0.717, 1.165) is 0 Å². The molecule has 0 bridgehead atoms. The number of oxime groups is 1. The number of amidine groups is 1. The van der Waals surface area contributed by atoms with E-state index in [9.17, 15) is 4.39 Å². The first-order valence-corrected chi connectivity index (χ1v) is 6.97. The van der Waals surface area contributed by atoms with Crippen molar-refractivity contribution >= 4 is 29.2 Å². The molecule has 3 N–H and O–H groups in total. The van der Waals surface area contributed by atoms with Crippen LogP contribution >= 0.6 is 23.4 Å².